The van der Waals surface area contributed by atoms with Crippen LogP contribution in [-0.4, -0.2) is 25.2 Å². The summed E-state index contributed by atoms with van der Waals surface area (Å²) in [5.74, 6) is -0.0592. The highest BCUT2D eigenvalue weighted by Gasteiger charge is 2.30. The van der Waals surface area contributed by atoms with Crippen LogP contribution >= 0.6 is 0 Å². The van der Waals surface area contributed by atoms with Crippen LogP contribution in [0.5, 0.6) is 0 Å². The molecule has 0 aromatic heterocycles. The van der Waals surface area contributed by atoms with E-state index in [1.54, 1.807) is 0 Å². The predicted octanol–water partition coefficient (Wildman–Crippen LogP) is 9.45. The number of hydrogen-bond donors (Lipinski definition) is 0. The Morgan fingerprint density at radius 1 is 0.523 bits per heavy atom. The first kappa shape index (κ1) is 29.9. The standard InChI is InChI=1S/C40H42O4/c1-40(2,25-23-39(42)44-27-37-34-20-11-7-16-30(34)31-17-8-12-21-35(31)37)24-13-3-4-22-38(41)43-26-36-32-18-9-5-14-28(32)29-15-6-10-19-33(29)36/h5-12,14-21,36-37H,3-4,13,22-27H2,1-2H3. The Bertz CT molecular complexity index is 1540. The maximum absolute atomic E-state index is 12.7. The van der Waals surface area contributed by atoms with Gasteiger partial charge in [0.1, 0.15) is 13.2 Å². The summed E-state index contributed by atoms with van der Waals surface area (Å²) >= 11 is 0. The minimum Gasteiger partial charge on any atom is -0.465 e. The van der Waals surface area contributed by atoms with Crippen molar-refractivity contribution in [2.45, 2.75) is 70.6 Å². The molecule has 0 N–H and O–H groups in total. The average Bonchev–Trinajstić information content (AvgIpc) is 3.54. The number of esters is 2. The van der Waals surface area contributed by atoms with Gasteiger partial charge in [0.05, 0.1) is 0 Å². The minimum atomic E-state index is -0.129. The van der Waals surface area contributed by atoms with Crippen LogP contribution < -0.4 is 0 Å². The molecule has 0 amide bonds. The molecular formula is C40H42O4. The first-order chi connectivity index (χ1) is 21.4. The molecule has 226 valence electrons. The van der Waals surface area contributed by atoms with E-state index in [1.165, 1.54) is 44.5 Å². The SMILES string of the molecule is CC(C)(CCCCCC(=O)OCC1c2ccccc2-c2ccccc21)CCC(=O)OCC1c2ccccc2-c2ccccc21. The summed E-state index contributed by atoms with van der Waals surface area (Å²) in [6.07, 6.45) is 5.47. The molecule has 0 fully saturated rings. The zero-order valence-corrected chi connectivity index (χ0v) is 25.9. The molecule has 0 saturated heterocycles. The van der Waals surface area contributed by atoms with Crippen molar-refractivity contribution in [1.82, 2.24) is 0 Å². The molecular weight excluding hydrogens is 544 g/mol. The number of fused-ring (bicyclic) bond motifs is 6. The smallest absolute Gasteiger partial charge is 0.305 e. The third-order valence-corrected chi connectivity index (χ3v) is 9.49. The Balaban J connectivity index is 0.884. The minimum absolute atomic E-state index is 0.0370. The van der Waals surface area contributed by atoms with Crippen molar-refractivity contribution in [3.8, 4) is 22.3 Å². The number of benzene rings is 4. The summed E-state index contributed by atoms with van der Waals surface area (Å²) in [6, 6.07) is 33.6. The van der Waals surface area contributed by atoms with Crippen molar-refractivity contribution in [1.29, 1.82) is 0 Å². The Hall–Kier alpha value is -4.18. The van der Waals surface area contributed by atoms with Crippen molar-refractivity contribution in [3.63, 3.8) is 0 Å². The summed E-state index contributed by atoms with van der Waals surface area (Å²) in [7, 11) is 0. The van der Waals surface area contributed by atoms with Gasteiger partial charge in [0, 0.05) is 24.7 Å². The van der Waals surface area contributed by atoms with E-state index in [1.807, 2.05) is 0 Å². The van der Waals surface area contributed by atoms with E-state index in [0.29, 0.717) is 26.1 Å². The second-order valence-electron chi connectivity index (χ2n) is 13.0. The molecule has 0 aliphatic heterocycles. The number of rotatable bonds is 13. The third-order valence-electron chi connectivity index (χ3n) is 9.49. The van der Waals surface area contributed by atoms with Gasteiger partial charge in [-0.1, -0.05) is 124 Å². The highest BCUT2D eigenvalue weighted by molar-refractivity contribution is 5.80. The van der Waals surface area contributed by atoms with E-state index in [9.17, 15) is 9.59 Å². The number of hydrogen-bond acceptors (Lipinski definition) is 4. The zero-order chi connectivity index (χ0) is 30.5. The Kier molecular flexibility index (Phi) is 8.97. The summed E-state index contributed by atoms with van der Waals surface area (Å²) in [5, 5.41) is 0. The molecule has 44 heavy (non-hydrogen) atoms. The summed E-state index contributed by atoms with van der Waals surface area (Å²) in [5.41, 5.74) is 9.95. The molecule has 0 spiro atoms. The van der Waals surface area contributed by atoms with E-state index < -0.39 is 0 Å². The summed E-state index contributed by atoms with van der Waals surface area (Å²) < 4.78 is 11.6. The maximum atomic E-state index is 12.7. The normalized spacial score (nSPS) is 13.6. The van der Waals surface area contributed by atoms with Gasteiger partial charge < -0.3 is 9.47 Å². The fourth-order valence-electron chi connectivity index (χ4n) is 6.99. The molecule has 6 rings (SSSR count). The van der Waals surface area contributed by atoms with Gasteiger partial charge in [-0.2, -0.15) is 0 Å². The largest absolute Gasteiger partial charge is 0.465 e. The van der Waals surface area contributed by atoms with Gasteiger partial charge >= 0.3 is 11.9 Å². The van der Waals surface area contributed by atoms with Gasteiger partial charge in [-0.05, 0) is 69.2 Å². The first-order valence-electron chi connectivity index (χ1n) is 16.1. The van der Waals surface area contributed by atoms with Crippen molar-refractivity contribution in [2.24, 2.45) is 5.41 Å². The van der Waals surface area contributed by atoms with Crippen LogP contribution in [0.4, 0.5) is 0 Å². The summed E-state index contributed by atoms with van der Waals surface area (Å²) in [4.78, 5) is 25.3. The molecule has 2 aliphatic rings. The van der Waals surface area contributed by atoms with E-state index in [-0.39, 0.29) is 29.2 Å². The van der Waals surface area contributed by atoms with E-state index in [4.69, 9.17) is 9.47 Å². The highest BCUT2D eigenvalue weighted by atomic mass is 16.5. The van der Waals surface area contributed by atoms with E-state index in [0.717, 1.165) is 32.1 Å². The second kappa shape index (κ2) is 13.2. The monoisotopic (exact) mass is 586 g/mol. The van der Waals surface area contributed by atoms with Crippen LogP contribution in [0.3, 0.4) is 0 Å². The molecule has 4 aromatic carbocycles. The maximum Gasteiger partial charge on any atom is 0.305 e. The van der Waals surface area contributed by atoms with Crippen LogP contribution in [0.25, 0.3) is 22.3 Å². The molecule has 4 aromatic rings. The van der Waals surface area contributed by atoms with Crippen molar-refractivity contribution in [2.75, 3.05) is 13.2 Å². The molecule has 2 aliphatic carbocycles. The molecule has 0 atom stereocenters. The van der Waals surface area contributed by atoms with Gasteiger partial charge in [0.2, 0.25) is 0 Å². The van der Waals surface area contributed by atoms with Crippen molar-refractivity contribution < 1.29 is 19.1 Å². The van der Waals surface area contributed by atoms with Gasteiger partial charge in [0.15, 0.2) is 0 Å². The molecule has 0 unspecified atom stereocenters. The van der Waals surface area contributed by atoms with Gasteiger partial charge in [-0.15, -0.1) is 0 Å². The zero-order valence-electron chi connectivity index (χ0n) is 25.9. The van der Waals surface area contributed by atoms with Gasteiger partial charge in [0.25, 0.3) is 0 Å². The van der Waals surface area contributed by atoms with E-state index >= 15 is 0 Å². The quantitative estimate of drug-likeness (QED) is 0.116. The lowest BCUT2D eigenvalue weighted by atomic mass is 9.82. The molecule has 0 saturated carbocycles. The number of ether oxygens (including phenoxy) is 2. The first-order valence-corrected chi connectivity index (χ1v) is 16.1. The lowest BCUT2D eigenvalue weighted by molar-refractivity contribution is -0.145. The lowest BCUT2D eigenvalue weighted by Crippen LogP contribution is -2.17. The molecule has 4 heteroatoms. The molecule has 0 heterocycles. The summed E-state index contributed by atoms with van der Waals surface area (Å²) in [6.45, 7) is 5.20. The predicted molar refractivity (Wildman–Crippen MR) is 175 cm³/mol. The van der Waals surface area contributed by atoms with Gasteiger partial charge in [-0.25, -0.2) is 0 Å². The fourth-order valence-corrected chi connectivity index (χ4v) is 6.99. The Labute approximate surface area is 261 Å². The van der Waals surface area contributed by atoms with Crippen LogP contribution in [0, 0.1) is 5.41 Å². The number of carbonyl (C=O) groups excluding carboxylic acids is 2. The van der Waals surface area contributed by atoms with Crippen molar-refractivity contribution in [3.05, 3.63) is 119 Å². The highest BCUT2D eigenvalue weighted by Crippen LogP contribution is 2.45. The third kappa shape index (κ3) is 6.50. The second-order valence-corrected chi connectivity index (χ2v) is 13.0. The fraction of sp³-hybridized carbons (Fsp3) is 0.350. The molecule has 0 radical (unpaired) electrons. The van der Waals surface area contributed by atoms with Crippen LogP contribution in [0.15, 0.2) is 97.1 Å². The average molecular weight is 587 g/mol. The number of unbranched alkanes of at least 4 members (excludes halogenated alkanes) is 2. The van der Waals surface area contributed by atoms with E-state index in [2.05, 4.69) is 111 Å². The van der Waals surface area contributed by atoms with Crippen LogP contribution in [0.1, 0.15) is 92.9 Å². The van der Waals surface area contributed by atoms with Crippen LogP contribution in [-0.2, 0) is 19.1 Å². The Morgan fingerprint density at radius 2 is 0.909 bits per heavy atom. The van der Waals surface area contributed by atoms with Crippen molar-refractivity contribution >= 4 is 11.9 Å². The number of carbonyl (C=O) groups is 2. The molecule has 4 nitrogen and oxygen atoms in total. The van der Waals surface area contributed by atoms with Gasteiger partial charge in [-0.3, -0.25) is 9.59 Å². The molecule has 0 bridgehead atoms. The Morgan fingerprint density at radius 3 is 1.34 bits per heavy atom. The topological polar surface area (TPSA) is 52.6 Å². The van der Waals surface area contributed by atoms with Crippen LogP contribution in [0.2, 0.25) is 0 Å². The lowest BCUT2D eigenvalue weighted by Gasteiger charge is -2.24.